The van der Waals surface area contributed by atoms with E-state index in [-0.39, 0.29) is 20.7 Å². The van der Waals surface area contributed by atoms with Gasteiger partial charge in [-0.05, 0) is 46.3 Å². The molecule has 0 unspecified atom stereocenters. The molecular weight excluding hydrogens is 367 g/mol. The van der Waals surface area contributed by atoms with E-state index in [0.29, 0.717) is 5.69 Å². The Hall–Kier alpha value is -1.99. The molecule has 1 N–H and O–H groups in total. The summed E-state index contributed by atoms with van der Waals surface area (Å²) in [4.78, 5) is 22.0. The molecule has 1 amide bonds. The Morgan fingerprint density at radius 1 is 1.29 bits per heavy atom. The van der Waals surface area contributed by atoms with Crippen molar-refractivity contribution in [2.75, 3.05) is 5.32 Å². The first-order chi connectivity index (χ1) is 9.88. The molecule has 2 aromatic rings. The molecule has 0 atom stereocenters. The number of halogens is 3. The number of carbonyl (C=O) groups is 1. The van der Waals surface area contributed by atoms with Crippen molar-refractivity contribution in [1.82, 2.24) is 0 Å². The van der Waals surface area contributed by atoms with Crippen LogP contribution in [-0.4, -0.2) is 10.8 Å². The number of amides is 1. The van der Waals surface area contributed by atoms with E-state index >= 15 is 0 Å². The molecule has 2 rings (SSSR count). The molecule has 0 bridgehead atoms. The molecule has 0 spiro atoms. The minimum absolute atomic E-state index is 0.132. The summed E-state index contributed by atoms with van der Waals surface area (Å²) in [6.45, 7) is 0. The number of nitrogens with zero attached hydrogens (tertiary/aromatic N) is 1. The monoisotopic (exact) mass is 372 g/mol. The summed E-state index contributed by atoms with van der Waals surface area (Å²) >= 11 is 8.75. The average molecular weight is 374 g/mol. The van der Waals surface area contributed by atoms with Crippen LogP contribution in [0.5, 0.6) is 0 Å². The molecule has 0 aliphatic heterocycles. The maximum absolute atomic E-state index is 13.1. The van der Waals surface area contributed by atoms with Crippen molar-refractivity contribution in [3.8, 4) is 0 Å². The molecule has 0 aliphatic carbocycles. The van der Waals surface area contributed by atoms with Gasteiger partial charge in [0.05, 0.1) is 9.40 Å². The van der Waals surface area contributed by atoms with E-state index in [1.165, 1.54) is 30.3 Å². The van der Waals surface area contributed by atoms with Crippen molar-refractivity contribution in [3.05, 3.63) is 67.4 Å². The van der Waals surface area contributed by atoms with Gasteiger partial charge in [0.15, 0.2) is 0 Å². The van der Waals surface area contributed by atoms with Crippen LogP contribution in [0.15, 0.2) is 40.9 Å². The third kappa shape index (κ3) is 3.56. The van der Waals surface area contributed by atoms with Crippen LogP contribution < -0.4 is 5.32 Å². The van der Waals surface area contributed by atoms with Gasteiger partial charge in [0.1, 0.15) is 10.8 Å². The minimum atomic E-state index is -0.638. The fourth-order valence-corrected chi connectivity index (χ4v) is 2.20. The van der Waals surface area contributed by atoms with Crippen molar-refractivity contribution >= 4 is 44.8 Å². The molecule has 0 saturated carbocycles. The van der Waals surface area contributed by atoms with Crippen LogP contribution in [0.4, 0.5) is 15.8 Å². The highest BCUT2D eigenvalue weighted by Crippen LogP contribution is 2.26. The fraction of sp³-hybridized carbons (Fsp3) is 0. The molecule has 0 aliphatic rings. The van der Waals surface area contributed by atoms with Gasteiger partial charge in [-0.25, -0.2) is 4.39 Å². The van der Waals surface area contributed by atoms with Crippen LogP contribution >= 0.6 is 27.5 Å². The van der Waals surface area contributed by atoms with Gasteiger partial charge in [0, 0.05) is 17.3 Å². The van der Waals surface area contributed by atoms with E-state index in [1.54, 1.807) is 0 Å². The number of hydrogen-bond acceptors (Lipinski definition) is 3. The molecule has 8 heteroatoms. The van der Waals surface area contributed by atoms with Gasteiger partial charge in [-0.3, -0.25) is 14.9 Å². The first-order valence-electron chi connectivity index (χ1n) is 5.59. The van der Waals surface area contributed by atoms with E-state index in [2.05, 4.69) is 21.2 Å². The van der Waals surface area contributed by atoms with Crippen LogP contribution in [-0.2, 0) is 0 Å². The van der Waals surface area contributed by atoms with Crippen LogP contribution in [0, 0.1) is 15.9 Å². The lowest BCUT2D eigenvalue weighted by molar-refractivity contribution is -0.384. The Kier molecular flexibility index (Phi) is 4.54. The second-order valence-corrected chi connectivity index (χ2v) is 5.27. The first kappa shape index (κ1) is 15.4. The van der Waals surface area contributed by atoms with Crippen LogP contribution in [0.25, 0.3) is 0 Å². The summed E-state index contributed by atoms with van der Waals surface area (Å²) in [7, 11) is 0. The summed E-state index contributed by atoms with van der Waals surface area (Å²) in [5.41, 5.74) is 0.256. The Bertz CT molecular complexity index is 739. The van der Waals surface area contributed by atoms with Gasteiger partial charge < -0.3 is 5.32 Å². The van der Waals surface area contributed by atoms with Gasteiger partial charge in [0.2, 0.25) is 0 Å². The van der Waals surface area contributed by atoms with E-state index in [9.17, 15) is 19.3 Å². The number of nitro groups is 1. The predicted octanol–water partition coefficient (Wildman–Crippen LogP) is 4.40. The van der Waals surface area contributed by atoms with Gasteiger partial charge in [-0.2, -0.15) is 0 Å². The van der Waals surface area contributed by atoms with Crippen molar-refractivity contribution in [2.45, 2.75) is 0 Å². The first-order valence-corrected chi connectivity index (χ1v) is 6.76. The number of anilines is 1. The molecule has 2 aromatic carbocycles. The number of nitrogens with one attached hydrogen (secondary N) is 1. The van der Waals surface area contributed by atoms with Crippen LogP contribution in [0.2, 0.25) is 5.02 Å². The highest BCUT2D eigenvalue weighted by molar-refractivity contribution is 9.10. The molecule has 108 valence electrons. The third-order valence-electron chi connectivity index (χ3n) is 2.58. The van der Waals surface area contributed by atoms with Gasteiger partial charge >= 0.3 is 0 Å². The lowest BCUT2D eigenvalue weighted by Crippen LogP contribution is -2.12. The maximum Gasteiger partial charge on any atom is 0.287 e. The van der Waals surface area contributed by atoms with Gasteiger partial charge in [-0.1, -0.05) is 11.6 Å². The van der Waals surface area contributed by atoms with Crippen molar-refractivity contribution in [2.24, 2.45) is 0 Å². The third-order valence-corrected chi connectivity index (χ3v) is 3.49. The predicted molar refractivity (Wildman–Crippen MR) is 80.2 cm³/mol. The van der Waals surface area contributed by atoms with E-state index in [4.69, 9.17) is 11.6 Å². The molecule has 0 saturated heterocycles. The average Bonchev–Trinajstić information content (AvgIpc) is 2.42. The molecule has 21 heavy (non-hydrogen) atoms. The Balaban J connectivity index is 2.22. The summed E-state index contributed by atoms with van der Waals surface area (Å²) in [5, 5.41) is 13.0. The second kappa shape index (κ2) is 6.19. The standard InChI is InChI=1S/C13H7BrClFN2O3/c14-9-6-8(2-3-11(9)16)17-13(19)7-1-4-12(18(20)21)10(15)5-7/h1-6H,(H,17,19). The summed E-state index contributed by atoms with van der Waals surface area (Å²) in [6.07, 6.45) is 0. The number of hydrogen-bond donors (Lipinski definition) is 1. The summed E-state index contributed by atoms with van der Waals surface area (Å²) in [6, 6.07) is 7.64. The zero-order chi connectivity index (χ0) is 15.6. The summed E-state index contributed by atoms with van der Waals surface area (Å²) < 4.78 is 13.3. The van der Waals surface area contributed by atoms with E-state index < -0.39 is 16.6 Å². The van der Waals surface area contributed by atoms with Crippen molar-refractivity contribution in [3.63, 3.8) is 0 Å². The number of nitro benzene ring substituents is 1. The largest absolute Gasteiger partial charge is 0.322 e. The molecule has 0 radical (unpaired) electrons. The summed E-state index contributed by atoms with van der Waals surface area (Å²) in [5.74, 6) is -0.961. The highest BCUT2D eigenvalue weighted by Gasteiger charge is 2.15. The minimum Gasteiger partial charge on any atom is -0.322 e. The zero-order valence-corrected chi connectivity index (χ0v) is 12.6. The SMILES string of the molecule is O=C(Nc1ccc(F)c(Br)c1)c1ccc([N+](=O)[O-])c(Cl)c1. The van der Waals surface area contributed by atoms with E-state index in [1.807, 2.05) is 0 Å². The van der Waals surface area contributed by atoms with Gasteiger partial charge in [0.25, 0.3) is 11.6 Å². The lowest BCUT2D eigenvalue weighted by atomic mass is 10.2. The zero-order valence-electron chi connectivity index (χ0n) is 10.3. The van der Waals surface area contributed by atoms with Crippen LogP contribution in [0.3, 0.4) is 0 Å². The fourth-order valence-electron chi connectivity index (χ4n) is 1.57. The maximum atomic E-state index is 13.1. The molecular formula is C13H7BrClFN2O3. The van der Waals surface area contributed by atoms with E-state index in [0.717, 1.165) is 6.07 Å². The highest BCUT2D eigenvalue weighted by atomic mass is 79.9. The Labute approximate surface area is 132 Å². The number of rotatable bonds is 3. The smallest absolute Gasteiger partial charge is 0.287 e. The van der Waals surface area contributed by atoms with Crippen molar-refractivity contribution in [1.29, 1.82) is 0 Å². The topological polar surface area (TPSA) is 72.2 Å². The number of carbonyl (C=O) groups excluding carboxylic acids is 1. The second-order valence-electron chi connectivity index (χ2n) is 4.01. The quantitative estimate of drug-likeness (QED) is 0.640. The van der Waals surface area contributed by atoms with Crippen molar-refractivity contribution < 1.29 is 14.1 Å². The molecule has 0 aromatic heterocycles. The van der Waals surface area contributed by atoms with Crippen LogP contribution in [0.1, 0.15) is 10.4 Å². The lowest BCUT2D eigenvalue weighted by Gasteiger charge is -2.06. The molecule has 0 fully saturated rings. The normalized spacial score (nSPS) is 10.2. The Morgan fingerprint density at radius 3 is 2.57 bits per heavy atom. The Morgan fingerprint density at radius 2 is 2.00 bits per heavy atom. The molecule has 0 heterocycles. The van der Waals surface area contributed by atoms with Gasteiger partial charge in [-0.15, -0.1) is 0 Å². The number of benzene rings is 2. The molecule has 5 nitrogen and oxygen atoms in total.